The lowest BCUT2D eigenvalue weighted by Gasteiger charge is -2.32. The second-order valence-corrected chi connectivity index (χ2v) is 15.6. The number of likely N-dealkylation sites (N-methyl/N-ethyl adjacent to an activating group) is 1. The monoisotopic (exact) mass is 687 g/mol. The van der Waals surface area contributed by atoms with Crippen LogP contribution < -0.4 is 0 Å². The van der Waals surface area contributed by atoms with E-state index in [1.807, 2.05) is 38.2 Å². The van der Waals surface area contributed by atoms with Gasteiger partial charge in [0.2, 0.25) is 5.69 Å². The summed E-state index contributed by atoms with van der Waals surface area (Å²) >= 11 is 0. The number of carbonyl (C=O) groups excluding carboxylic acids is 1. The zero-order valence-corrected chi connectivity index (χ0v) is 29.5. The first-order valence-corrected chi connectivity index (χ1v) is 19.2. The Labute approximate surface area is 279 Å². The smallest absolute Gasteiger partial charge is 0.305 e. The summed E-state index contributed by atoms with van der Waals surface area (Å²) in [6.45, 7) is 9.66. The van der Waals surface area contributed by atoms with Crippen LogP contribution in [0.5, 0.6) is 0 Å². The fraction of sp³-hybridized carbons (Fsp3) is 0.486. The zero-order chi connectivity index (χ0) is 34.6. The lowest BCUT2D eigenvalue weighted by Crippen LogP contribution is -2.32. The molecule has 2 unspecified atom stereocenters. The number of carbonyl (C=O) groups is 1. The number of esters is 1. The Morgan fingerprint density at radius 3 is 2.40 bits per heavy atom. The Morgan fingerprint density at radius 1 is 1.04 bits per heavy atom. The lowest BCUT2D eigenvalue weighted by molar-refractivity contribution is -0.433. The summed E-state index contributed by atoms with van der Waals surface area (Å²) < 4.78 is 73.2. The summed E-state index contributed by atoms with van der Waals surface area (Å²) in [6.07, 6.45) is 18.7. The molecule has 2 aliphatic heterocycles. The van der Waals surface area contributed by atoms with Crippen molar-refractivity contribution in [3.63, 3.8) is 0 Å². The third-order valence-corrected chi connectivity index (χ3v) is 11.3. The number of rotatable bonds is 14. The predicted octanol–water partition coefficient (Wildman–Crippen LogP) is 6.26. The third-order valence-electron chi connectivity index (χ3n) is 9.69. The van der Waals surface area contributed by atoms with E-state index in [0.717, 1.165) is 37.2 Å². The molecular weight excluding hydrogens is 641 g/mol. The maximum absolute atomic E-state index is 12.0. The first-order valence-electron chi connectivity index (χ1n) is 16.1. The molecule has 0 amide bonds. The van der Waals surface area contributed by atoms with E-state index in [-0.39, 0.29) is 22.7 Å². The quantitative estimate of drug-likeness (QED) is 0.100. The molecule has 3 aliphatic rings. The molecule has 256 valence electrons. The average molecular weight is 688 g/mol. The highest BCUT2D eigenvalue weighted by molar-refractivity contribution is 7.86. The maximum atomic E-state index is 12.0. The first kappa shape index (κ1) is 36.5. The van der Waals surface area contributed by atoms with Crippen molar-refractivity contribution in [2.24, 2.45) is 5.41 Å². The molecule has 0 radical (unpaired) electrons. The number of allylic oxidation sites excluding steroid dienone is 8. The predicted molar refractivity (Wildman–Crippen MR) is 183 cm³/mol. The van der Waals surface area contributed by atoms with Gasteiger partial charge in [-0.05, 0) is 89.2 Å². The molecule has 2 N–H and O–H groups in total. The number of benzene rings is 1. The molecule has 1 aromatic rings. The van der Waals surface area contributed by atoms with E-state index < -0.39 is 31.4 Å². The van der Waals surface area contributed by atoms with E-state index in [1.54, 1.807) is 6.07 Å². The van der Waals surface area contributed by atoms with Crippen LogP contribution in [0.2, 0.25) is 0 Å². The van der Waals surface area contributed by atoms with Gasteiger partial charge in [-0.25, -0.2) is 0 Å². The Balaban J connectivity index is 1.68. The molecule has 0 spiro atoms. The molecule has 0 saturated carbocycles. The Bertz CT molecular complexity index is 1800. The minimum absolute atomic E-state index is 0.148. The molecule has 2 heterocycles. The summed E-state index contributed by atoms with van der Waals surface area (Å²) in [6, 6.07) is 4.47. The van der Waals surface area contributed by atoms with Crippen LogP contribution in [0.4, 0.5) is 5.69 Å². The zero-order valence-electron chi connectivity index (χ0n) is 27.9. The normalized spacial score (nSPS) is 23.9. The highest BCUT2D eigenvalue weighted by atomic mass is 32.2. The van der Waals surface area contributed by atoms with E-state index in [9.17, 15) is 30.7 Å². The topological polar surface area (TPSA) is 141 Å². The summed E-state index contributed by atoms with van der Waals surface area (Å²) in [4.78, 5) is 14.0. The molecule has 47 heavy (non-hydrogen) atoms. The number of nitrogens with zero attached hydrogens (tertiary/aromatic N) is 2. The van der Waals surface area contributed by atoms with Crippen LogP contribution in [0.1, 0.15) is 78.2 Å². The van der Waals surface area contributed by atoms with Gasteiger partial charge in [0.15, 0.2) is 5.71 Å². The Morgan fingerprint density at radius 2 is 1.77 bits per heavy atom. The van der Waals surface area contributed by atoms with Crippen molar-refractivity contribution in [1.82, 2.24) is 4.90 Å². The molecule has 1 aromatic carbocycles. The van der Waals surface area contributed by atoms with Gasteiger partial charge in [0.05, 0.1) is 23.2 Å². The second kappa shape index (κ2) is 14.4. The van der Waals surface area contributed by atoms with Gasteiger partial charge in [-0.1, -0.05) is 31.2 Å². The Hall–Kier alpha value is -3.32. The fourth-order valence-corrected chi connectivity index (χ4v) is 8.40. The van der Waals surface area contributed by atoms with Gasteiger partial charge < -0.3 is 9.64 Å². The van der Waals surface area contributed by atoms with Gasteiger partial charge in [0.1, 0.15) is 6.54 Å². The van der Waals surface area contributed by atoms with Gasteiger partial charge in [0.25, 0.3) is 20.2 Å². The number of hydrogen-bond donors (Lipinski definition) is 2. The molecule has 10 nitrogen and oxygen atoms in total. The van der Waals surface area contributed by atoms with Crippen molar-refractivity contribution in [2.75, 3.05) is 26.0 Å². The first-order chi connectivity index (χ1) is 22.1. The summed E-state index contributed by atoms with van der Waals surface area (Å²) in [5.41, 5.74) is 5.06. The van der Waals surface area contributed by atoms with Crippen LogP contribution in [0.3, 0.4) is 0 Å². The van der Waals surface area contributed by atoms with Crippen molar-refractivity contribution in [3.8, 4) is 0 Å². The fourth-order valence-electron chi connectivity index (χ4n) is 7.39. The number of methoxy groups -OCH3 is 1. The highest BCUT2D eigenvalue weighted by Crippen LogP contribution is 2.53. The summed E-state index contributed by atoms with van der Waals surface area (Å²) in [7, 11) is -7.24. The number of ether oxygens (including phenoxy) is 1. The van der Waals surface area contributed by atoms with E-state index in [1.165, 1.54) is 36.2 Å². The van der Waals surface area contributed by atoms with Crippen LogP contribution in [-0.2, 0) is 35.2 Å². The van der Waals surface area contributed by atoms with Crippen LogP contribution in [-0.4, -0.2) is 73.0 Å². The molecule has 4 rings (SSSR count). The van der Waals surface area contributed by atoms with Gasteiger partial charge >= 0.3 is 5.97 Å². The number of fused-ring (bicyclic) bond motifs is 1. The van der Waals surface area contributed by atoms with Crippen LogP contribution in [0.15, 0.2) is 82.6 Å². The average Bonchev–Trinajstić information content (AvgIpc) is 3.39. The standard InChI is InChI=1S/C35H46N2O8S2/c1-6-36-29-16-12-11-15-27(29)34(3,22-13-19-33(38)45-5)31(36)17-9-8-10-18-32-35(4,23-14-24-46(39,40)41)28-25-26(47(42,43)44)20-21-30(28)37(32)7-2/h8-10,12,16-18,20-21,25H,6-7,11,13-15,19,22-24H2,1-5H3,(H-,39,40,41,42,43,44)/p+1. The lowest BCUT2D eigenvalue weighted by atomic mass is 9.74. The van der Waals surface area contributed by atoms with Crippen molar-refractivity contribution in [2.45, 2.75) is 83.0 Å². The molecule has 0 bridgehead atoms. The summed E-state index contributed by atoms with van der Waals surface area (Å²) in [5.74, 6) is -0.634. The number of hydrogen-bond acceptors (Lipinski definition) is 7. The third kappa shape index (κ3) is 7.72. The second-order valence-electron chi connectivity index (χ2n) is 12.6. The largest absolute Gasteiger partial charge is 0.469 e. The SMILES string of the molecule is CCN1C2=C(CCC=C2)C(C)(CCCC(=O)OC)\C1=C/C=C/C=C/C1=[N+](CC)c2ccc(S(=O)(=O)O)cc2C1(C)CCCS(=O)(=O)O. The van der Waals surface area contributed by atoms with Crippen molar-refractivity contribution in [1.29, 1.82) is 0 Å². The van der Waals surface area contributed by atoms with Crippen molar-refractivity contribution in [3.05, 3.63) is 83.3 Å². The molecule has 1 aliphatic carbocycles. The molecule has 2 atom stereocenters. The van der Waals surface area contributed by atoms with Crippen LogP contribution >= 0.6 is 0 Å². The van der Waals surface area contributed by atoms with E-state index in [2.05, 4.69) is 41.6 Å². The van der Waals surface area contributed by atoms with Gasteiger partial charge in [-0.2, -0.15) is 21.4 Å². The highest BCUT2D eigenvalue weighted by Gasteiger charge is 2.48. The minimum atomic E-state index is -4.46. The van der Waals surface area contributed by atoms with Crippen LogP contribution in [0, 0.1) is 5.41 Å². The van der Waals surface area contributed by atoms with E-state index in [0.29, 0.717) is 31.4 Å². The maximum Gasteiger partial charge on any atom is 0.305 e. The minimum Gasteiger partial charge on any atom is -0.469 e. The molecule has 0 aromatic heterocycles. The van der Waals surface area contributed by atoms with Crippen LogP contribution in [0.25, 0.3) is 0 Å². The summed E-state index contributed by atoms with van der Waals surface area (Å²) in [5, 5.41) is 0. The molecule has 0 saturated heterocycles. The van der Waals surface area contributed by atoms with Gasteiger partial charge in [-0.15, -0.1) is 0 Å². The van der Waals surface area contributed by atoms with Crippen molar-refractivity contribution < 1.29 is 40.0 Å². The Kier molecular flexibility index (Phi) is 11.2. The van der Waals surface area contributed by atoms with Gasteiger partial charge in [0, 0.05) is 47.5 Å². The molecule has 0 fully saturated rings. The van der Waals surface area contributed by atoms with E-state index >= 15 is 0 Å². The van der Waals surface area contributed by atoms with E-state index in [4.69, 9.17) is 4.74 Å². The molecule has 12 heteroatoms. The van der Waals surface area contributed by atoms with Crippen molar-refractivity contribution >= 4 is 37.6 Å². The van der Waals surface area contributed by atoms with Gasteiger partial charge in [-0.3, -0.25) is 13.9 Å². The molecular formula is C35H47N2O8S2+.